The maximum Gasteiger partial charge on any atom is 0.0610 e. The molecule has 1 aromatic heterocycles. The number of aliphatic hydroxyl groups excluding tert-OH is 1. The van der Waals surface area contributed by atoms with Gasteiger partial charge in [-0.15, -0.1) is 0 Å². The van der Waals surface area contributed by atoms with E-state index < -0.39 is 0 Å². The Hall–Kier alpha value is -0.800. The zero-order valence-corrected chi connectivity index (χ0v) is 8.33. The van der Waals surface area contributed by atoms with E-state index in [0.717, 1.165) is 6.42 Å². The molecule has 0 radical (unpaired) electrons. The summed E-state index contributed by atoms with van der Waals surface area (Å²) in [6, 6.07) is 2.53. The molecule has 0 saturated heterocycles. The van der Waals surface area contributed by atoms with Crippen molar-refractivity contribution in [2.24, 2.45) is 0 Å². The quantitative estimate of drug-likeness (QED) is 0.717. The molecule has 0 amide bonds. The molecule has 1 rings (SSSR count). The van der Waals surface area contributed by atoms with Gasteiger partial charge in [0, 0.05) is 25.0 Å². The van der Waals surface area contributed by atoms with Crippen LogP contribution >= 0.6 is 0 Å². The Morgan fingerprint density at radius 1 is 1.62 bits per heavy atom. The normalized spacial score (nSPS) is 13.2. The second kappa shape index (κ2) is 5.04. The molecule has 0 spiro atoms. The van der Waals surface area contributed by atoms with Crippen LogP contribution in [0.4, 0.5) is 0 Å². The van der Waals surface area contributed by atoms with Crippen molar-refractivity contribution < 1.29 is 5.11 Å². The Bertz CT molecular complexity index is 241. The van der Waals surface area contributed by atoms with Crippen molar-refractivity contribution in [1.82, 2.24) is 9.88 Å². The molecule has 3 heteroatoms. The Morgan fingerprint density at radius 2 is 2.38 bits per heavy atom. The zero-order valence-electron chi connectivity index (χ0n) is 8.33. The number of aliphatic hydroxyl groups is 1. The van der Waals surface area contributed by atoms with Gasteiger partial charge in [-0.3, -0.25) is 0 Å². The van der Waals surface area contributed by atoms with Crippen LogP contribution in [0.15, 0.2) is 18.5 Å². The monoisotopic (exact) mass is 182 g/mol. The maximum absolute atomic E-state index is 8.75. The van der Waals surface area contributed by atoms with Gasteiger partial charge in [-0.2, -0.15) is 0 Å². The molecule has 0 saturated carbocycles. The minimum atomic E-state index is 0.199. The van der Waals surface area contributed by atoms with Gasteiger partial charge in [0.1, 0.15) is 0 Å². The molecule has 3 nitrogen and oxygen atoms in total. The van der Waals surface area contributed by atoms with Gasteiger partial charge in [0.05, 0.1) is 6.61 Å². The Balaban J connectivity index is 2.66. The largest absolute Gasteiger partial charge is 0.395 e. The van der Waals surface area contributed by atoms with E-state index in [1.165, 1.54) is 5.56 Å². The van der Waals surface area contributed by atoms with E-state index in [-0.39, 0.29) is 6.61 Å². The SMILES string of the molecule is CCC(NC)c1ccn(CCO)c1. The molecule has 0 aromatic carbocycles. The molecule has 0 aliphatic heterocycles. The average molecular weight is 182 g/mol. The number of aromatic nitrogens is 1. The van der Waals surface area contributed by atoms with E-state index in [9.17, 15) is 0 Å². The van der Waals surface area contributed by atoms with Crippen LogP contribution in [0.1, 0.15) is 24.9 Å². The second-order valence-electron chi connectivity index (χ2n) is 3.16. The van der Waals surface area contributed by atoms with Crippen LogP contribution in [-0.4, -0.2) is 23.3 Å². The average Bonchev–Trinajstić information content (AvgIpc) is 2.56. The van der Waals surface area contributed by atoms with Crippen LogP contribution in [0.25, 0.3) is 0 Å². The molecule has 2 N–H and O–H groups in total. The lowest BCUT2D eigenvalue weighted by Gasteiger charge is -2.11. The Labute approximate surface area is 79.4 Å². The fraction of sp³-hybridized carbons (Fsp3) is 0.600. The molecule has 74 valence electrons. The lowest BCUT2D eigenvalue weighted by Crippen LogP contribution is -2.14. The summed E-state index contributed by atoms with van der Waals surface area (Å²) in [7, 11) is 1.97. The lowest BCUT2D eigenvalue weighted by atomic mass is 10.1. The van der Waals surface area contributed by atoms with E-state index in [0.29, 0.717) is 12.6 Å². The molecular weight excluding hydrogens is 164 g/mol. The van der Waals surface area contributed by atoms with Gasteiger partial charge < -0.3 is 15.0 Å². The highest BCUT2D eigenvalue weighted by molar-refractivity contribution is 5.15. The minimum Gasteiger partial charge on any atom is -0.395 e. The predicted molar refractivity (Wildman–Crippen MR) is 53.6 cm³/mol. The van der Waals surface area contributed by atoms with E-state index >= 15 is 0 Å². The maximum atomic E-state index is 8.75. The molecule has 13 heavy (non-hydrogen) atoms. The standard InChI is InChI=1S/C10H18N2O/c1-3-10(11-2)9-4-5-12(8-9)6-7-13/h4-5,8,10-11,13H,3,6-7H2,1-2H3. The van der Waals surface area contributed by atoms with Crippen LogP contribution in [0.2, 0.25) is 0 Å². The van der Waals surface area contributed by atoms with Crippen molar-refractivity contribution >= 4 is 0 Å². The highest BCUT2D eigenvalue weighted by Crippen LogP contribution is 2.15. The van der Waals surface area contributed by atoms with Crippen LogP contribution < -0.4 is 5.32 Å². The number of nitrogens with zero attached hydrogens (tertiary/aromatic N) is 1. The minimum absolute atomic E-state index is 0.199. The number of hydrogen-bond donors (Lipinski definition) is 2. The number of nitrogens with one attached hydrogen (secondary N) is 1. The summed E-state index contributed by atoms with van der Waals surface area (Å²) in [5.41, 5.74) is 1.29. The molecule has 0 fully saturated rings. The fourth-order valence-corrected chi connectivity index (χ4v) is 1.53. The third-order valence-electron chi connectivity index (χ3n) is 2.29. The summed E-state index contributed by atoms with van der Waals surface area (Å²) in [5.74, 6) is 0. The topological polar surface area (TPSA) is 37.2 Å². The highest BCUT2D eigenvalue weighted by Gasteiger charge is 2.06. The first kappa shape index (κ1) is 10.3. The van der Waals surface area contributed by atoms with E-state index in [1.54, 1.807) is 0 Å². The highest BCUT2D eigenvalue weighted by atomic mass is 16.3. The lowest BCUT2D eigenvalue weighted by molar-refractivity contribution is 0.276. The summed E-state index contributed by atoms with van der Waals surface area (Å²) in [6.07, 6.45) is 5.17. The molecule has 1 heterocycles. The number of hydrogen-bond acceptors (Lipinski definition) is 2. The summed E-state index contributed by atoms with van der Waals surface area (Å²) >= 11 is 0. The number of rotatable bonds is 5. The third kappa shape index (κ3) is 2.57. The fourth-order valence-electron chi connectivity index (χ4n) is 1.53. The molecule has 1 unspecified atom stereocenters. The molecule has 1 atom stereocenters. The first-order valence-electron chi connectivity index (χ1n) is 4.75. The first-order chi connectivity index (χ1) is 6.31. The predicted octanol–water partition coefficient (Wildman–Crippen LogP) is 1.15. The Kier molecular flexibility index (Phi) is 3.99. The van der Waals surface area contributed by atoms with Gasteiger partial charge in [0.25, 0.3) is 0 Å². The van der Waals surface area contributed by atoms with Crippen LogP contribution in [-0.2, 0) is 6.54 Å². The Morgan fingerprint density at radius 3 is 2.92 bits per heavy atom. The van der Waals surface area contributed by atoms with Crippen molar-refractivity contribution in [1.29, 1.82) is 0 Å². The van der Waals surface area contributed by atoms with Gasteiger partial charge in [0.15, 0.2) is 0 Å². The smallest absolute Gasteiger partial charge is 0.0610 e. The van der Waals surface area contributed by atoms with Crippen molar-refractivity contribution in [2.45, 2.75) is 25.9 Å². The summed E-state index contributed by atoms with van der Waals surface area (Å²) < 4.78 is 2.01. The van der Waals surface area contributed by atoms with Gasteiger partial charge in [-0.1, -0.05) is 6.92 Å². The van der Waals surface area contributed by atoms with E-state index in [4.69, 9.17) is 5.11 Å². The second-order valence-corrected chi connectivity index (χ2v) is 3.16. The zero-order chi connectivity index (χ0) is 9.68. The molecule has 0 aliphatic rings. The van der Waals surface area contributed by atoms with Crippen molar-refractivity contribution in [2.75, 3.05) is 13.7 Å². The van der Waals surface area contributed by atoms with Gasteiger partial charge >= 0.3 is 0 Å². The molecule has 1 aromatic rings. The van der Waals surface area contributed by atoms with Crippen molar-refractivity contribution in [3.8, 4) is 0 Å². The third-order valence-corrected chi connectivity index (χ3v) is 2.29. The summed E-state index contributed by atoms with van der Waals surface area (Å²) in [4.78, 5) is 0. The molecule has 0 aliphatic carbocycles. The van der Waals surface area contributed by atoms with Crippen molar-refractivity contribution in [3.63, 3.8) is 0 Å². The van der Waals surface area contributed by atoms with Crippen LogP contribution in [0.5, 0.6) is 0 Å². The van der Waals surface area contributed by atoms with Crippen LogP contribution in [0, 0.1) is 0 Å². The molecule has 0 bridgehead atoms. The van der Waals surface area contributed by atoms with E-state index in [1.807, 2.05) is 17.8 Å². The van der Waals surface area contributed by atoms with Crippen molar-refractivity contribution in [3.05, 3.63) is 24.0 Å². The molecular formula is C10H18N2O. The van der Waals surface area contributed by atoms with E-state index in [2.05, 4.69) is 24.5 Å². The van der Waals surface area contributed by atoms with Crippen LogP contribution in [0.3, 0.4) is 0 Å². The van der Waals surface area contributed by atoms with Gasteiger partial charge in [0.2, 0.25) is 0 Å². The van der Waals surface area contributed by atoms with Gasteiger partial charge in [-0.05, 0) is 25.1 Å². The summed E-state index contributed by atoms with van der Waals surface area (Å²) in [5, 5.41) is 12.0. The van der Waals surface area contributed by atoms with Gasteiger partial charge in [-0.25, -0.2) is 0 Å². The first-order valence-corrected chi connectivity index (χ1v) is 4.75. The summed E-state index contributed by atoms with van der Waals surface area (Å²) in [6.45, 7) is 3.04.